The minimum atomic E-state index is -1.67. The first-order valence-corrected chi connectivity index (χ1v) is 6.34. The van der Waals surface area contributed by atoms with Crippen LogP contribution in [0.1, 0.15) is 5.69 Å². The van der Waals surface area contributed by atoms with Gasteiger partial charge in [0.2, 0.25) is 0 Å². The molecular weight excluding hydrogens is 260 g/mol. The van der Waals surface area contributed by atoms with Gasteiger partial charge in [-0.3, -0.25) is 9.29 Å². The van der Waals surface area contributed by atoms with E-state index in [2.05, 4.69) is 9.98 Å². The molecule has 0 saturated heterocycles. The first-order valence-electron chi connectivity index (χ1n) is 4.78. The topological polar surface area (TPSA) is 74.7 Å². The summed E-state index contributed by atoms with van der Waals surface area (Å²) in [5.74, 6) is -1.51. The molecule has 1 aromatic heterocycles. The van der Waals surface area contributed by atoms with E-state index in [0.29, 0.717) is 10.9 Å². The van der Waals surface area contributed by atoms with Gasteiger partial charge in [0.05, 0.1) is 0 Å². The molecule has 1 unspecified atom stereocenters. The van der Waals surface area contributed by atoms with Gasteiger partial charge in [0.15, 0.2) is 0 Å². The molecule has 7 heteroatoms. The van der Waals surface area contributed by atoms with Gasteiger partial charge in [-0.05, 0) is 24.1 Å². The maximum absolute atomic E-state index is 10.6. The van der Waals surface area contributed by atoms with Crippen molar-refractivity contribution in [3.63, 3.8) is 0 Å². The van der Waals surface area contributed by atoms with Crippen molar-refractivity contribution in [3.8, 4) is 0 Å². The molecule has 90 valence electrons. The Morgan fingerprint density at radius 2 is 2.29 bits per heavy atom. The SMILES string of the molecule is CSN1C(Cl)=CC(N)=NC1(O)c1ccccn1. The van der Waals surface area contributed by atoms with E-state index >= 15 is 0 Å². The van der Waals surface area contributed by atoms with Crippen molar-refractivity contribution in [1.29, 1.82) is 0 Å². The van der Waals surface area contributed by atoms with E-state index in [1.807, 2.05) is 0 Å². The van der Waals surface area contributed by atoms with Crippen LogP contribution in [0.2, 0.25) is 0 Å². The van der Waals surface area contributed by atoms with Crippen LogP contribution >= 0.6 is 23.5 Å². The third-order valence-corrected chi connectivity index (χ3v) is 3.42. The van der Waals surface area contributed by atoms with Crippen molar-refractivity contribution in [3.05, 3.63) is 41.3 Å². The van der Waals surface area contributed by atoms with E-state index in [4.69, 9.17) is 17.3 Å². The Hall–Kier alpha value is -1.24. The lowest BCUT2D eigenvalue weighted by Gasteiger charge is -2.37. The Morgan fingerprint density at radius 3 is 2.88 bits per heavy atom. The quantitative estimate of drug-likeness (QED) is 0.624. The lowest BCUT2D eigenvalue weighted by atomic mass is 10.2. The Bertz CT molecular complexity index is 478. The highest BCUT2D eigenvalue weighted by molar-refractivity contribution is 7.96. The number of aliphatic hydroxyl groups is 1. The Kier molecular flexibility index (Phi) is 3.28. The van der Waals surface area contributed by atoms with Crippen LogP contribution in [0.15, 0.2) is 40.6 Å². The zero-order valence-corrected chi connectivity index (χ0v) is 10.6. The molecule has 1 aliphatic rings. The zero-order chi connectivity index (χ0) is 12.5. The van der Waals surface area contributed by atoms with E-state index < -0.39 is 5.85 Å². The summed E-state index contributed by atoms with van der Waals surface area (Å²) in [6.45, 7) is 0. The van der Waals surface area contributed by atoms with Gasteiger partial charge in [-0.2, -0.15) is 0 Å². The van der Waals surface area contributed by atoms with Gasteiger partial charge in [-0.1, -0.05) is 17.7 Å². The summed E-state index contributed by atoms with van der Waals surface area (Å²) in [5.41, 5.74) is 5.98. The maximum Gasteiger partial charge on any atom is 0.294 e. The number of hydrogen-bond acceptors (Lipinski definition) is 6. The first-order chi connectivity index (χ1) is 8.08. The molecule has 2 rings (SSSR count). The largest absolute Gasteiger partial charge is 0.384 e. The molecule has 0 spiro atoms. The van der Waals surface area contributed by atoms with Crippen molar-refractivity contribution in [2.75, 3.05) is 6.26 Å². The van der Waals surface area contributed by atoms with E-state index in [0.717, 1.165) is 0 Å². The zero-order valence-electron chi connectivity index (χ0n) is 9.04. The average molecular weight is 271 g/mol. The maximum atomic E-state index is 10.6. The van der Waals surface area contributed by atoms with Crippen molar-refractivity contribution in [2.24, 2.45) is 10.7 Å². The fourth-order valence-corrected chi connectivity index (χ4v) is 2.58. The average Bonchev–Trinajstić information content (AvgIpc) is 2.29. The Labute approximate surface area is 108 Å². The predicted molar refractivity (Wildman–Crippen MR) is 69.0 cm³/mol. The third kappa shape index (κ3) is 2.11. The molecule has 2 heterocycles. The van der Waals surface area contributed by atoms with E-state index in [1.165, 1.54) is 22.3 Å². The summed E-state index contributed by atoms with van der Waals surface area (Å²) in [5, 5.41) is 10.9. The highest BCUT2D eigenvalue weighted by atomic mass is 35.5. The summed E-state index contributed by atoms with van der Waals surface area (Å²) < 4.78 is 1.44. The minimum Gasteiger partial charge on any atom is -0.384 e. The van der Waals surface area contributed by atoms with Gasteiger partial charge >= 0.3 is 0 Å². The highest BCUT2D eigenvalue weighted by Gasteiger charge is 2.41. The molecule has 1 aliphatic heterocycles. The first kappa shape index (κ1) is 12.2. The predicted octanol–water partition coefficient (Wildman–Crippen LogP) is 1.22. The standard InChI is InChI=1S/C10H11ClN4OS/c1-17-15-8(11)6-9(12)14-10(15,16)7-4-2-3-5-13-7/h2-6,16H,1H3,(H2,12,14). The molecule has 3 N–H and O–H groups in total. The van der Waals surface area contributed by atoms with Gasteiger partial charge in [-0.15, -0.1) is 0 Å². The monoisotopic (exact) mass is 270 g/mol. The van der Waals surface area contributed by atoms with Gasteiger partial charge in [0.1, 0.15) is 16.7 Å². The summed E-state index contributed by atoms with van der Waals surface area (Å²) >= 11 is 7.27. The van der Waals surface area contributed by atoms with Crippen molar-refractivity contribution in [2.45, 2.75) is 5.85 Å². The molecule has 0 aromatic carbocycles. The van der Waals surface area contributed by atoms with Crippen LogP contribution in [0.25, 0.3) is 0 Å². The molecule has 0 fully saturated rings. The normalized spacial score (nSPS) is 24.3. The second-order valence-corrected chi connectivity index (χ2v) is 4.45. The van der Waals surface area contributed by atoms with Crippen LogP contribution in [-0.2, 0) is 5.85 Å². The number of pyridine rings is 1. The fourth-order valence-electron chi connectivity index (χ4n) is 1.52. The molecule has 0 radical (unpaired) electrons. The smallest absolute Gasteiger partial charge is 0.294 e. The summed E-state index contributed by atoms with van der Waals surface area (Å²) in [6, 6.07) is 5.18. The van der Waals surface area contributed by atoms with E-state index in [9.17, 15) is 5.11 Å². The van der Waals surface area contributed by atoms with Crippen LogP contribution in [-0.4, -0.2) is 26.5 Å². The molecule has 1 aromatic rings. The summed E-state index contributed by atoms with van der Waals surface area (Å²) in [6.07, 6.45) is 4.83. The number of halogens is 1. The number of hydrogen-bond donors (Lipinski definition) is 2. The van der Waals surface area contributed by atoms with Crippen LogP contribution in [0.3, 0.4) is 0 Å². The summed E-state index contributed by atoms with van der Waals surface area (Å²) in [7, 11) is 0. The van der Waals surface area contributed by atoms with Gasteiger partial charge in [0, 0.05) is 18.5 Å². The Balaban J connectivity index is 2.52. The molecular formula is C10H11ClN4OS. The second kappa shape index (κ2) is 4.56. The number of nitrogens with two attached hydrogens (primary N) is 1. The number of nitrogens with zero attached hydrogens (tertiary/aromatic N) is 3. The minimum absolute atomic E-state index is 0.161. The van der Waals surface area contributed by atoms with E-state index in [1.54, 1.807) is 30.7 Å². The van der Waals surface area contributed by atoms with Crippen molar-refractivity contribution < 1.29 is 5.11 Å². The molecule has 0 aliphatic carbocycles. The van der Waals surface area contributed by atoms with Gasteiger partial charge in [-0.25, -0.2) is 4.99 Å². The van der Waals surface area contributed by atoms with Crippen LogP contribution in [0.4, 0.5) is 0 Å². The number of amidine groups is 1. The van der Waals surface area contributed by atoms with Crippen LogP contribution in [0.5, 0.6) is 0 Å². The molecule has 0 saturated carbocycles. The number of aliphatic imine (C=N–C) groups is 1. The lowest BCUT2D eigenvalue weighted by Crippen LogP contribution is -2.43. The van der Waals surface area contributed by atoms with Gasteiger partial charge < -0.3 is 10.8 Å². The molecule has 0 bridgehead atoms. The van der Waals surface area contributed by atoms with E-state index in [-0.39, 0.29) is 5.84 Å². The molecule has 1 atom stereocenters. The summed E-state index contributed by atoms with van der Waals surface area (Å²) in [4.78, 5) is 8.11. The highest BCUT2D eigenvalue weighted by Crippen LogP contribution is 2.38. The number of aromatic nitrogens is 1. The molecule has 5 nitrogen and oxygen atoms in total. The molecule has 0 amide bonds. The van der Waals surface area contributed by atoms with Gasteiger partial charge in [0.25, 0.3) is 5.85 Å². The second-order valence-electron chi connectivity index (χ2n) is 3.33. The lowest BCUT2D eigenvalue weighted by molar-refractivity contribution is -0.0397. The van der Waals surface area contributed by atoms with Crippen LogP contribution in [0, 0.1) is 0 Å². The van der Waals surface area contributed by atoms with Crippen LogP contribution < -0.4 is 5.73 Å². The van der Waals surface area contributed by atoms with Crippen molar-refractivity contribution in [1.82, 2.24) is 9.29 Å². The molecule has 17 heavy (non-hydrogen) atoms. The fraction of sp³-hybridized carbons (Fsp3) is 0.200. The third-order valence-electron chi connectivity index (χ3n) is 2.22. The van der Waals surface area contributed by atoms with Crippen molar-refractivity contribution >= 4 is 29.4 Å². The Morgan fingerprint density at radius 1 is 1.53 bits per heavy atom. The number of rotatable bonds is 2.